The molecular weight excluding hydrogens is 320 g/mol. The molecule has 0 saturated carbocycles. The summed E-state index contributed by atoms with van der Waals surface area (Å²) in [5.41, 5.74) is 2.20. The summed E-state index contributed by atoms with van der Waals surface area (Å²) in [7, 11) is 0. The first-order valence-electron chi connectivity index (χ1n) is 8.52. The highest BCUT2D eigenvalue weighted by molar-refractivity contribution is 5.96. The number of morpholine rings is 1. The van der Waals surface area contributed by atoms with E-state index in [0.717, 1.165) is 11.1 Å². The number of furan rings is 1. The van der Waals surface area contributed by atoms with Crippen molar-refractivity contribution in [1.82, 2.24) is 9.80 Å². The zero-order chi connectivity index (χ0) is 17.2. The molecule has 6 nitrogen and oxygen atoms in total. The van der Waals surface area contributed by atoms with Crippen LogP contribution in [0, 0.1) is 0 Å². The molecule has 2 aliphatic rings. The second-order valence-electron chi connectivity index (χ2n) is 6.34. The molecule has 0 bridgehead atoms. The summed E-state index contributed by atoms with van der Waals surface area (Å²) in [5, 5.41) is 0. The number of carbonyl (C=O) groups is 2. The van der Waals surface area contributed by atoms with Gasteiger partial charge in [0.15, 0.2) is 5.76 Å². The smallest absolute Gasteiger partial charge is 0.290 e. The highest BCUT2D eigenvalue weighted by Crippen LogP contribution is 2.26. The maximum absolute atomic E-state index is 13.1. The van der Waals surface area contributed by atoms with Gasteiger partial charge in [-0.15, -0.1) is 0 Å². The van der Waals surface area contributed by atoms with Crippen LogP contribution in [0.3, 0.4) is 0 Å². The predicted octanol–water partition coefficient (Wildman–Crippen LogP) is 1.71. The third-order valence-corrected chi connectivity index (χ3v) is 4.85. The molecule has 25 heavy (non-hydrogen) atoms. The van der Waals surface area contributed by atoms with Crippen LogP contribution in [0.1, 0.15) is 21.7 Å². The highest BCUT2D eigenvalue weighted by Gasteiger charge is 2.38. The van der Waals surface area contributed by atoms with Gasteiger partial charge in [0.2, 0.25) is 5.91 Å². The van der Waals surface area contributed by atoms with E-state index in [1.54, 1.807) is 21.9 Å². The number of ether oxygens (including phenoxy) is 1. The molecule has 130 valence electrons. The Morgan fingerprint density at radius 1 is 1.00 bits per heavy atom. The van der Waals surface area contributed by atoms with E-state index in [9.17, 15) is 9.59 Å². The van der Waals surface area contributed by atoms with Crippen molar-refractivity contribution in [3.05, 3.63) is 59.5 Å². The molecule has 4 rings (SSSR count). The first-order valence-corrected chi connectivity index (χ1v) is 8.52. The number of hydrogen-bond acceptors (Lipinski definition) is 4. The van der Waals surface area contributed by atoms with Gasteiger partial charge in [-0.2, -0.15) is 0 Å². The normalized spacial score (nSPS) is 20.2. The third kappa shape index (κ3) is 3.05. The van der Waals surface area contributed by atoms with Crippen LogP contribution in [0.5, 0.6) is 0 Å². The Kier molecular flexibility index (Phi) is 4.28. The lowest BCUT2D eigenvalue weighted by molar-refractivity contribution is -0.140. The van der Waals surface area contributed by atoms with Gasteiger partial charge < -0.3 is 19.0 Å². The lowest BCUT2D eigenvalue weighted by Gasteiger charge is -2.39. The van der Waals surface area contributed by atoms with Gasteiger partial charge >= 0.3 is 0 Å². The maximum atomic E-state index is 13.1. The van der Waals surface area contributed by atoms with Gasteiger partial charge in [0, 0.05) is 26.1 Å². The van der Waals surface area contributed by atoms with Gasteiger partial charge in [0.05, 0.1) is 19.5 Å². The topological polar surface area (TPSA) is 63.0 Å². The predicted molar refractivity (Wildman–Crippen MR) is 89.9 cm³/mol. The summed E-state index contributed by atoms with van der Waals surface area (Å²) in [6, 6.07) is 10.8. The van der Waals surface area contributed by atoms with Crippen LogP contribution in [0.15, 0.2) is 47.1 Å². The van der Waals surface area contributed by atoms with Crippen molar-refractivity contribution >= 4 is 11.8 Å². The SMILES string of the molecule is O=C(C1Cc2ccccc2CN1C(=O)c1ccco1)N1CCOCC1. The Bertz CT molecular complexity index is 765. The number of fused-ring (bicyclic) bond motifs is 1. The lowest BCUT2D eigenvalue weighted by Crippen LogP contribution is -2.55. The van der Waals surface area contributed by atoms with Crippen LogP contribution in [-0.4, -0.2) is 54.0 Å². The van der Waals surface area contributed by atoms with Crippen molar-refractivity contribution in [3.8, 4) is 0 Å². The minimum Gasteiger partial charge on any atom is -0.459 e. The zero-order valence-electron chi connectivity index (χ0n) is 13.9. The molecule has 2 amide bonds. The van der Waals surface area contributed by atoms with Gasteiger partial charge in [-0.25, -0.2) is 0 Å². The molecule has 0 aliphatic carbocycles. The Balaban J connectivity index is 1.65. The summed E-state index contributed by atoms with van der Waals surface area (Å²) in [5.74, 6) is 0.00276. The largest absolute Gasteiger partial charge is 0.459 e. The van der Waals surface area contributed by atoms with Crippen molar-refractivity contribution < 1.29 is 18.7 Å². The monoisotopic (exact) mass is 340 g/mol. The van der Waals surface area contributed by atoms with Gasteiger partial charge in [0.25, 0.3) is 5.91 Å². The first kappa shape index (κ1) is 15.9. The van der Waals surface area contributed by atoms with Gasteiger partial charge in [-0.1, -0.05) is 24.3 Å². The summed E-state index contributed by atoms with van der Waals surface area (Å²) >= 11 is 0. The summed E-state index contributed by atoms with van der Waals surface area (Å²) in [6.45, 7) is 2.64. The fraction of sp³-hybridized carbons (Fsp3) is 0.368. The summed E-state index contributed by atoms with van der Waals surface area (Å²) < 4.78 is 10.6. The van der Waals surface area contributed by atoms with E-state index >= 15 is 0 Å². The standard InChI is InChI=1S/C19H20N2O4/c22-18(20-7-10-24-11-8-20)16-12-14-4-1-2-5-15(14)13-21(16)19(23)17-6-3-9-25-17/h1-6,9,16H,7-8,10-13H2. The molecule has 2 aliphatic heterocycles. The van der Waals surface area contributed by atoms with Crippen molar-refractivity contribution in [3.63, 3.8) is 0 Å². The Morgan fingerprint density at radius 2 is 1.76 bits per heavy atom. The van der Waals surface area contributed by atoms with E-state index in [-0.39, 0.29) is 17.6 Å². The molecular formula is C19H20N2O4. The minimum absolute atomic E-state index is 0.0160. The van der Waals surface area contributed by atoms with E-state index in [1.165, 1.54) is 6.26 Å². The van der Waals surface area contributed by atoms with E-state index in [4.69, 9.17) is 9.15 Å². The summed E-state index contributed by atoms with van der Waals surface area (Å²) in [4.78, 5) is 29.4. The number of carbonyl (C=O) groups excluding carboxylic acids is 2. The molecule has 3 heterocycles. The third-order valence-electron chi connectivity index (χ3n) is 4.85. The zero-order valence-corrected chi connectivity index (χ0v) is 13.9. The fourth-order valence-corrected chi connectivity index (χ4v) is 3.49. The Morgan fingerprint density at radius 3 is 2.48 bits per heavy atom. The molecule has 6 heteroatoms. The molecule has 2 aromatic rings. The van der Waals surface area contributed by atoms with Gasteiger partial charge in [0.1, 0.15) is 6.04 Å². The average molecular weight is 340 g/mol. The fourth-order valence-electron chi connectivity index (χ4n) is 3.49. The van der Waals surface area contributed by atoms with Crippen LogP contribution in [0.2, 0.25) is 0 Å². The second kappa shape index (κ2) is 6.72. The maximum Gasteiger partial charge on any atom is 0.290 e. The number of nitrogens with zero attached hydrogens (tertiary/aromatic N) is 2. The molecule has 0 radical (unpaired) electrons. The number of amides is 2. The molecule has 1 unspecified atom stereocenters. The van der Waals surface area contributed by atoms with E-state index in [2.05, 4.69) is 0 Å². The number of benzene rings is 1. The van der Waals surface area contributed by atoms with Crippen LogP contribution >= 0.6 is 0 Å². The molecule has 0 spiro atoms. The molecule has 1 aromatic heterocycles. The van der Waals surface area contributed by atoms with Gasteiger partial charge in [-0.05, 0) is 23.3 Å². The Labute approximate surface area is 146 Å². The second-order valence-corrected chi connectivity index (χ2v) is 6.34. The van der Waals surface area contributed by atoms with E-state index < -0.39 is 6.04 Å². The molecule has 1 aromatic carbocycles. The van der Waals surface area contributed by atoms with E-state index in [0.29, 0.717) is 39.3 Å². The Hall–Kier alpha value is -2.60. The van der Waals surface area contributed by atoms with Crippen LogP contribution in [0.25, 0.3) is 0 Å². The van der Waals surface area contributed by atoms with Crippen LogP contribution in [-0.2, 0) is 22.5 Å². The highest BCUT2D eigenvalue weighted by atomic mass is 16.5. The van der Waals surface area contributed by atoms with E-state index in [1.807, 2.05) is 24.3 Å². The first-order chi connectivity index (χ1) is 12.2. The average Bonchev–Trinajstić information content (AvgIpc) is 3.21. The molecule has 1 saturated heterocycles. The lowest BCUT2D eigenvalue weighted by atomic mass is 9.92. The van der Waals surface area contributed by atoms with Gasteiger partial charge in [-0.3, -0.25) is 9.59 Å². The van der Waals surface area contributed by atoms with Crippen molar-refractivity contribution in [2.24, 2.45) is 0 Å². The number of rotatable bonds is 2. The van der Waals surface area contributed by atoms with Crippen LogP contribution < -0.4 is 0 Å². The number of hydrogen-bond donors (Lipinski definition) is 0. The minimum atomic E-state index is -0.509. The molecule has 1 atom stereocenters. The summed E-state index contributed by atoms with van der Waals surface area (Å²) in [6.07, 6.45) is 2.00. The van der Waals surface area contributed by atoms with Crippen LogP contribution in [0.4, 0.5) is 0 Å². The quantitative estimate of drug-likeness (QED) is 0.835. The van der Waals surface area contributed by atoms with Crippen molar-refractivity contribution in [2.75, 3.05) is 26.3 Å². The van der Waals surface area contributed by atoms with Crippen molar-refractivity contribution in [2.45, 2.75) is 19.0 Å². The molecule has 1 fully saturated rings. The molecule has 0 N–H and O–H groups in total. The van der Waals surface area contributed by atoms with Crippen molar-refractivity contribution in [1.29, 1.82) is 0 Å².